The summed E-state index contributed by atoms with van der Waals surface area (Å²) in [4.78, 5) is 27.3. The quantitative estimate of drug-likeness (QED) is 0.693. The predicted molar refractivity (Wildman–Crippen MR) is 113 cm³/mol. The lowest BCUT2D eigenvalue weighted by molar-refractivity contribution is -0.142. The predicted octanol–water partition coefficient (Wildman–Crippen LogP) is 3.01. The molecular weight excluding hydrogens is 398 g/mol. The second kappa shape index (κ2) is 8.86. The molecule has 2 fully saturated rings. The van der Waals surface area contributed by atoms with Gasteiger partial charge in [-0.05, 0) is 45.2 Å². The molecule has 1 N–H and O–H groups in total. The zero-order valence-electron chi connectivity index (χ0n) is 18.5. The largest absolute Gasteiger partial charge is 0.456 e. The molecule has 31 heavy (non-hydrogen) atoms. The first kappa shape index (κ1) is 21.6. The lowest BCUT2D eigenvalue weighted by Crippen LogP contribution is -2.56. The van der Waals surface area contributed by atoms with Crippen LogP contribution in [0.2, 0.25) is 0 Å². The number of hydrogen-bond acceptors (Lipinski definition) is 6. The number of aryl methyl sites for hydroxylation is 2. The number of carbonyl (C=O) groups excluding carboxylic acids is 2. The van der Waals surface area contributed by atoms with Crippen LogP contribution < -0.4 is 5.32 Å². The van der Waals surface area contributed by atoms with Crippen molar-refractivity contribution in [2.75, 3.05) is 26.8 Å². The van der Waals surface area contributed by atoms with Crippen molar-refractivity contribution in [3.63, 3.8) is 0 Å². The van der Waals surface area contributed by atoms with Crippen LogP contribution in [-0.4, -0.2) is 54.7 Å². The van der Waals surface area contributed by atoms with Gasteiger partial charge in [-0.2, -0.15) is 0 Å². The Labute approximate surface area is 182 Å². The van der Waals surface area contributed by atoms with E-state index in [1.807, 2.05) is 24.8 Å². The van der Waals surface area contributed by atoms with E-state index in [9.17, 15) is 9.59 Å². The van der Waals surface area contributed by atoms with E-state index in [2.05, 4.69) is 10.5 Å². The molecule has 2 atom stereocenters. The van der Waals surface area contributed by atoms with Crippen molar-refractivity contribution < 1.29 is 23.3 Å². The number of nitrogens with zero attached hydrogens (tertiary/aromatic N) is 2. The molecule has 2 aliphatic rings. The topological polar surface area (TPSA) is 97.8 Å². The minimum absolute atomic E-state index is 0.0661. The van der Waals surface area contributed by atoms with Crippen molar-refractivity contribution >= 4 is 11.8 Å². The summed E-state index contributed by atoms with van der Waals surface area (Å²) in [7, 11) is 1.65. The highest BCUT2D eigenvalue weighted by Gasteiger charge is 2.50. The second-order valence-corrected chi connectivity index (χ2v) is 8.78. The van der Waals surface area contributed by atoms with E-state index < -0.39 is 0 Å². The third kappa shape index (κ3) is 4.26. The number of aromatic nitrogens is 1. The summed E-state index contributed by atoms with van der Waals surface area (Å²) >= 11 is 0. The number of fused-ring (bicyclic) bond motifs is 1. The summed E-state index contributed by atoms with van der Waals surface area (Å²) in [5.74, 6) is 1.74. The Balaban J connectivity index is 1.40. The summed E-state index contributed by atoms with van der Waals surface area (Å²) in [5, 5.41) is 7.05. The first-order valence-electron chi connectivity index (χ1n) is 11.0. The number of hydrogen-bond donors (Lipinski definition) is 1. The Morgan fingerprint density at radius 2 is 2.19 bits per heavy atom. The number of furan rings is 1. The maximum absolute atomic E-state index is 12.8. The summed E-state index contributed by atoms with van der Waals surface area (Å²) in [6, 6.07) is 3.70. The van der Waals surface area contributed by atoms with E-state index in [1.54, 1.807) is 13.2 Å². The number of carbonyl (C=O) groups is 2. The number of methoxy groups -OCH3 is 1. The maximum Gasteiger partial charge on any atom is 0.287 e. The highest BCUT2D eigenvalue weighted by Crippen LogP contribution is 2.47. The molecule has 2 aromatic rings. The molecule has 0 unspecified atom stereocenters. The fraction of sp³-hybridized carbons (Fsp3) is 0.609. The molecule has 2 amide bonds. The highest BCUT2D eigenvalue weighted by atomic mass is 16.5. The summed E-state index contributed by atoms with van der Waals surface area (Å²) in [6.45, 7) is 5.45. The van der Waals surface area contributed by atoms with Crippen molar-refractivity contribution in [2.45, 2.75) is 58.4 Å². The molecule has 0 spiro atoms. The van der Waals surface area contributed by atoms with Gasteiger partial charge in [0.1, 0.15) is 11.5 Å². The van der Waals surface area contributed by atoms with Gasteiger partial charge >= 0.3 is 0 Å². The lowest BCUT2D eigenvalue weighted by Gasteiger charge is -2.46. The normalized spacial score (nSPS) is 23.3. The van der Waals surface area contributed by atoms with Gasteiger partial charge in [-0.25, -0.2) is 0 Å². The van der Waals surface area contributed by atoms with Gasteiger partial charge < -0.3 is 23.9 Å². The molecule has 3 heterocycles. The zero-order chi connectivity index (χ0) is 22.0. The standard InChI is InChI=1S/C23H31N3O5/c1-15-18(16(2)31-25-15)13-17-6-7-19(30-17)22(28)24-14-23-9-4-5-20(23)26(11-12-29-3)21(27)8-10-23/h6-7,20H,4-5,8-14H2,1-3H3,(H,24,28)/t20-,23+/m1/s1. The Hall–Kier alpha value is -2.61. The number of likely N-dealkylation sites (tertiary alicyclic amines) is 1. The molecule has 0 aromatic carbocycles. The van der Waals surface area contributed by atoms with Crippen LogP contribution in [0.15, 0.2) is 21.1 Å². The van der Waals surface area contributed by atoms with Gasteiger partial charge in [-0.1, -0.05) is 11.6 Å². The van der Waals surface area contributed by atoms with Gasteiger partial charge in [0.15, 0.2) is 5.76 Å². The van der Waals surface area contributed by atoms with Crippen LogP contribution in [-0.2, 0) is 16.0 Å². The van der Waals surface area contributed by atoms with Crippen LogP contribution in [0.3, 0.4) is 0 Å². The maximum atomic E-state index is 12.8. The van der Waals surface area contributed by atoms with Crippen molar-refractivity contribution in [1.29, 1.82) is 0 Å². The number of ether oxygens (including phenoxy) is 1. The van der Waals surface area contributed by atoms with Crippen LogP contribution in [0.4, 0.5) is 0 Å². The molecule has 1 aliphatic heterocycles. The van der Waals surface area contributed by atoms with Gasteiger partial charge in [0.25, 0.3) is 5.91 Å². The van der Waals surface area contributed by atoms with Gasteiger partial charge in [-0.15, -0.1) is 0 Å². The summed E-state index contributed by atoms with van der Waals surface area (Å²) in [5.41, 5.74) is 1.75. The average Bonchev–Trinajstić information content (AvgIpc) is 3.48. The Morgan fingerprint density at radius 1 is 1.35 bits per heavy atom. The van der Waals surface area contributed by atoms with Crippen LogP contribution in [0, 0.1) is 19.3 Å². The molecule has 0 radical (unpaired) electrons. The third-order valence-corrected chi connectivity index (χ3v) is 6.95. The summed E-state index contributed by atoms with van der Waals surface area (Å²) in [6.07, 6.45) is 4.95. The Bertz CT molecular complexity index is 929. The number of amides is 2. The van der Waals surface area contributed by atoms with Crippen LogP contribution in [0.25, 0.3) is 0 Å². The third-order valence-electron chi connectivity index (χ3n) is 6.95. The first-order chi connectivity index (χ1) is 14.9. The van der Waals surface area contributed by atoms with E-state index >= 15 is 0 Å². The van der Waals surface area contributed by atoms with Crippen molar-refractivity contribution in [3.05, 3.63) is 40.7 Å². The molecule has 1 saturated carbocycles. The van der Waals surface area contributed by atoms with E-state index in [0.717, 1.165) is 42.7 Å². The second-order valence-electron chi connectivity index (χ2n) is 8.78. The van der Waals surface area contributed by atoms with Crippen molar-refractivity contribution in [1.82, 2.24) is 15.4 Å². The summed E-state index contributed by atoms with van der Waals surface area (Å²) < 4.78 is 16.2. The smallest absolute Gasteiger partial charge is 0.287 e. The highest BCUT2D eigenvalue weighted by molar-refractivity contribution is 5.91. The number of rotatable bonds is 8. The fourth-order valence-corrected chi connectivity index (χ4v) is 5.20. The molecule has 1 saturated heterocycles. The monoisotopic (exact) mass is 429 g/mol. The van der Waals surface area contributed by atoms with E-state index in [1.165, 1.54) is 0 Å². The van der Waals surface area contributed by atoms with Crippen LogP contribution >= 0.6 is 0 Å². The molecule has 0 bridgehead atoms. The molecular formula is C23H31N3O5. The number of nitrogens with one attached hydrogen (secondary N) is 1. The zero-order valence-corrected chi connectivity index (χ0v) is 18.5. The van der Waals surface area contributed by atoms with Gasteiger partial charge in [-0.3, -0.25) is 9.59 Å². The van der Waals surface area contributed by atoms with E-state index in [-0.39, 0.29) is 23.3 Å². The van der Waals surface area contributed by atoms with Crippen molar-refractivity contribution in [2.24, 2.45) is 5.41 Å². The minimum Gasteiger partial charge on any atom is -0.456 e. The molecule has 1 aliphatic carbocycles. The fourth-order valence-electron chi connectivity index (χ4n) is 5.20. The van der Waals surface area contributed by atoms with Crippen LogP contribution in [0.1, 0.15) is 65.4 Å². The molecule has 168 valence electrons. The Morgan fingerprint density at radius 3 is 2.94 bits per heavy atom. The molecule has 2 aromatic heterocycles. The van der Waals surface area contributed by atoms with Crippen molar-refractivity contribution in [3.8, 4) is 0 Å². The SMILES string of the molecule is COCCN1C(=O)CC[C@]2(CNC(=O)c3ccc(Cc4c(C)noc4C)o3)CCC[C@@H]12. The van der Waals surface area contributed by atoms with Gasteiger partial charge in [0.05, 0.1) is 12.3 Å². The molecule has 8 nitrogen and oxygen atoms in total. The Kier molecular flexibility index (Phi) is 6.18. The lowest BCUT2D eigenvalue weighted by atomic mass is 9.74. The molecule has 8 heteroatoms. The van der Waals surface area contributed by atoms with E-state index in [4.69, 9.17) is 13.7 Å². The van der Waals surface area contributed by atoms with Gasteiger partial charge in [0, 0.05) is 50.1 Å². The number of piperidine rings is 1. The average molecular weight is 430 g/mol. The minimum atomic E-state index is -0.217. The first-order valence-corrected chi connectivity index (χ1v) is 11.0. The molecule has 4 rings (SSSR count). The van der Waals surface area contributed by atoms with E-state index in [0.29, 0.717) is 44.1 Å². The van der Waals surface area contributed by atoms with Gasteiger partial charge in [0.2, 0.25) is 5.91 Å². The van der Waals surface area contributed by atoms with Crippen LogP contribution in [0.5, 0.6) is 0 Å².